The Morgan fingerprint density at radius 3 is 1.42 bits per heavy atom. The third kappa shape index (κ3) is 10.9. The van der Waals surface area contributed by atoms with Gasteiger partial charge in [-0.25, -0.2) is 0 Å². The maximum Gasteiger partial charge on any atom is 0.305 e. The second kappa shape index (κ2) is 19.6. The fourth-order valence-electron chi connectivity index (χ4n) is 5.86. The Labute approximate surface area is 293 Å². The summed E-state index contributed by atoms with van der Waals surface area (Å²) in [5.74, 6) is -0.720. The molecule has 8 atom stereocenters. The number of rotatable bonds is 19. The van der Waals surface area contributed by atoms with E-state index >= 15 is 0 Å². The maximum absolute atomic E-state index is 12.4. The lowest BCUT2D eigenvalue weighted by molar-refractivity contribution is -0.246. The Kier molecular flexibility index (Phi) is 14.8. The second-order valence-corrected chi connectivity index (χ2v) is 12.4. The summed E-state index contributed by atoms with van der Waals surface area (Å²) in [5, 5.41) is 11.2. The summed E-state index contributed by atoms with van der Waals surface area (Å²) >= 11 is 0. The van der Waals surface area contributed by atoms with E-state index in [0.717, 1.165) is 16.7 Å². The number of hydrogen-bond donors (Lipinski definition) is 1. The summed E-state index contributed by atoms with van der Waals surface area (Å²) < 4.78 is 49.1. The van der Waals surface area contributed by atoms with Gasteiger partial charge in [-0.3, -0.25) is 9.59 Å². The molecule has 0 bridgehead atoms. The average Bonchev–Trinajstić information content (AvgIpc) is 3.63. The first-order chi connectivity index (χ1) is 24.4. The van der Waals surface area contributed by atoms with Crippen LogP contribution < -0.4 is 0 Å². The lowest BCUT2D eigenvalue weighted by Gasteiger charge is -2.29. The van der Waals surface area contributed by atoms with Crippen LogP contribution in [0.4, 0.5) is 0 Å². The van der Waals surface area contributed by atoms with Gasteiger partial charge in [0.1, 0.15) is 49.8 Å². The molecule has 2 aliphatic rings. The van der Waals surface area contributed by atoms with Gasteiger partial charge >= 0.3 is 11.9 Å². The fraction of sp³-hybridized carbons (Fsp3) is 0.487. The van der Waals surface area contributed by atoms with Crippen LogP contribution in [0.3, 0.4) is 0 Å². The van der Waals surface area contributed by atoms with Gasteiger partial charge in [0, 0.05) is 12.8 Å². The Balaban J connectivity index is 1.39. The topological polar surface area (TPSA) is 128 Å². The molecule has 11 nitrogen and oxygen atoms in total. The van der Waals surface area contributed by atoms with Gasteiger partial charge in [-0.15, -0.1) is 0 Å². The van der Waals surface area contributed by atoms with Crippen molar-refractivity contribution in [1.82, 2.24) is 0 Å². The van der Waals surface area contributed by atoms with E-state index in [-0.39, 0.29) is 57.8 Å². The molecule has 2 saturated heterocycles. The number of hydrogen-bond acceptors (Lipinski definition) is 11. The minimum absolute atomic E-state index is 0.0863. The standard InChI is InChI=1S/C39H48O11/c1-3-14-32(40)43-25-30-34(45-22-27-16-8-5-9-17-27)36(38(42)48-30)50-39-37(47-24-29-20-12-7-13-21-29)35(46-23-28-18-10-6-11-19-28)31(49-39)26-44-33(41)15-4-2/h5-13,16-21,30-31,34-39,42H,3-4,14-15,22-26H2,1-2H3/t30-,31-,34-,35-,36+,37+,38+,39+/m1/s1. The van der Waals surface area contributed by atoms with Crippen LogP contribution >= 0.6 is 0 Å². The second-order valence-electron chi connectivity index (χ2n) is 12.4. The summed E-state index contributed by atoms with van der Waals surface area (Å²) in [6.07, 6.45) is -5.70. The van der Waals surface area contributed by atoms with Gasteiger partial charge in [0.15, 0.2) is 12.6 Å². The van der Waals surface area contributed by atoms with Gasteiger partial charge in [-0.05, 0) is 29.5 Å². The molecule has 0 unspecified atom stereocenters. The van der Waals surface area contributed by atoms with Crippen molar-refractivity contribution in [3.05, 3.63) is 108 Å². The zero-order valence-corrected chi connectivity index (χ0v) is 28.7. The van der Waals surface area contributed by atoms with Crippen molar-refractivity contribution in [3.63, 3.8) is 0 Å². The molecule has 3 aromatic rings. The molecule has 1 N–H and O–H groups in total. The third-order valence-corrected chi connectivity index (χ3v) is 8.43. The van der Waals surface area contributed by atoms with Crippen LogP contribution in [0.25, 0.3) is 0 Å². The van der Waals surface area contributed by atoms with Crippen molar-refractivity contribution >= 4 is 11.9 Å². The minimum atomic E-state index is -1.44. The number of aliphatic hydroxyl groups excluding tert-OH is 1. The monoisotopic (exact) mass is 692 g/mol. The van der Waals surface area contributed by atoms with Crippen LogP contribution in [0.2, 0.25) is 0 Å². The summed E-state index contributed by atoms with van der Waals surface area (Å²) in [6, 6.07) is 28.9. The largest absolute Gasteiger partial charge is 0.463 e. The van der Waals surface area contributed by atoms with E-state index in [2.05, 4.69) is 0 Å². The smallest absolute Gasteiger partial charge is 0.305 e. The Morgan fingerprint density at radius 2 is 0.980 bits per heavy atom. The average molecular weight is 693 g/mol. The number of carbonyl (C=O) groups excluding carboxylic acids is 2. The first-order valence-electron chi connectivity index (χ1n) is 17.4. The highest BCUT2D eigenvalue weighted by Gasteiger charge is 2.53. The van der Waals surface area contributed by atoms with Gasteiger partial charge in [0.2, 0.25) is 0 Å². The summed E-state index contributed by atoms with van der Waals surface area (Å²) in [5.41, 5.74) is 2.77. The quantitative estimate of drug-likeness (QED) is 0.165. The van der Waals surface area contributed by atoms with Crippen LogP contribution in [-0.4, -0.2) is 79.5 Å². The van der Waals surface area contributed by atoms with Gasteiger partial charge in [0.25, 0.3) is 0 Å². The minimum Gasteiger partial charge on any atom is -0.463 e. The molecular formula is C39H48O11. The third-order valence-electron chi connectivity index (χ3n) is 8.43. The molecule has 0 spiro atoms. The molecular weight excluding hydrogens is 644 g/mol. The predicted octanol–water partition coefficient (Wildman–Crippen LogP) is 5.26. The molecule has 0 radical (unpaired) electrons. The van der Waals surface area contributed by atoms with Crippen molar-refractivity contribution in [2.24, 2.45) is 0 Å². The van der Waals surface area contributed by atoms with Crippen LogP contribution in [0, 0.1) is 0 Å². The Morgan fingerprint density at radius 1 is 0.580 bits per heavy atom. The van der Waals surface area contributed by atoms with E-state index in [1.54, 1.807) is 0 Å². The van der Waals surface area contributed by atoms with Gasteiger partial charge in [-0.1, -0.05) is 105 Å². The highest BCUT2D eigenvalue weighted by Crippen LogP contribution is 2.35. The van der Waals surface area contributed by atoms with Crippen molar-refractivity contribution < 1.29 is 52.6 Å². The number of esters is 2. The van der Waals surface area contributed by atoms with Crippen LogP contribution in [0.15, 0.2) is 91.0 Å². The lowest BCUT2D eigenvalue weighted by Crippen LogP contribution is -2.45. The molecule has 0 saturated carbocycles. The number of aliphatic hydroxyl groups is 1. The van der Waals surface area contributed by atoms with E-state index in [4.69, 9.17) is 37.9 Å². The van der Waals surface area contributed by atoms with E-state index in [1.165, 1.54) is 0 Å². The first kappa shape index (κ1) is 37.6. The molecule has 5 rings (SSSR count). The zero-order chi connectivity index (χ0) is 35.1. The molecule has 11 heteroatoms. The van der Waals surface area contributed by atoms with Gasteiger partial charge in [-0.2, -0.15) is 0 Å². The van der Waals surface area contributed by atoms with E-state index < -0.39 is 49.2 Å². The number of carbonyl (C=O) groups is 2. The van der Waals surface area contributed by atoms with Gasteiger partial charge < -0.3 is 43.0 Å². The van der Waals surface area contributed by atoms with E-state index in [0.29, 0.717) is 12.8 Å². The van der Waals surface area contributed by atoms with Crippen LogP contribution in [-0.2, 0) is 67.3 Å². The number of benzene rings is 3. The van der Waals surface area contributed by atoms with Crippen molar-refractivity contribution in [2.45, 2.75) is 109 Å². The molecule has 0 aromatic heterocycles. The summed E-state index contributed by atoms with van der Waals surface area (Å²) in [4.78, 5) is 24.7. The molecule has 50 heavy (non-hydrogen) atoms. The van der Waals surface area contributed by atoms with Crippen molar-refractivity contribution in [1.29, 1.82) is 0 Å². The number of ether oxygens (including phenoxy) is 8. The molecule has 2 heterocycles. The fourth-order valence-corrected chi connectivity index (χ4v) is 5.86. The highest BCUT2D eigenvalue weighted by molar-refractivity contribution is 5.69. The van der Waals surface area contributed by atoms with Crippen molar-refractivity contribution in [2.75, 3.05) is 13.2 Å². The van der Waals surface area contributed by atoms with Gasteiger partial charge in [0.05, 0.1) is 19.8 Å². The Bertz CT molecular complexity index is 1420. The van der Waals surface area contributed by atoms with Crippen LogP contribution in [0.5, 0.6) is 0 Å². The maximum atomic E-state index is 12.4. The first-order valence-corrected chi connectivity index (χ1v) is 17.4. The molecule has 0 aliphatic carbocycles. The molecule has 2 fully saturated rings. The van der Waals surface area contributed by atoms with Crippen LogP contribution in [0.1, 0.15) is 56.2 Å². The predicted molar refractivity (Wildman–Crippen MR) is 181 cm³/mol. The van der Waals surface area contributed by atoms with E-state index in [9.17, 15) is 14.7 Å². The Hall–Kier alpha value is -3.68. The molecule has 0 amide bonds. The van der Waals surface area contributed by atoms with Crippen molar-refractivity contribution in [3.8, 4) is 0 Å². The SMILES string of the molecule is CCCC(=O)OC[C@H]1O[C@@H](O[C@H]2[C@H](OCc3ccccc3)[C@@H](COC(=O)CCC)O[C@@H]2O)[C@@H](OCc2ccccc2)[C@@H]1OCc1ccccc1. The van der Waals surface area contributed by atoms with E-state index in [1.807, 2.05) is 105 Å². The normalized spacial score (nSPS) is 26.1. The molecule has 2 aliphatic heterocycles. The summed E-state index contributed by atoms with van der Waals surface area (Å²) in [7, 11) is 0. The molecule has 270 valence electrons. The zero-order valence-electron chi connectivity index (χ0n) is 28.7. The molecule has 3 aromatic carbocycles. The highest BCUT2D eigenvalue weighted by atomic mass is 16.8. The summed E-state index contributed by atoms with van der Waals surface area (Å²) in [6.45, 7) is 4.23. The lowest BCUT2D eigenvalue weighted by atomic mass is 10.1.